The Morgan fingerprint density at radius 2 is 0.500 bits per heavy atom. The molecule has 0 aliphatic carbocycles. The molecule has 0 amide bonds. The minimum absolute atomic E-state index is 0.0801. The minimum atomic E-state index is -0.782. The van der Waals surface area contributed by atoms with Gasteiger partial charge in [-0.2, -0.15) is 0 Å². The van der Waals surface area contributed by atoms with E-state index in [1.807, 2.05) is 0 Å². The second-order valence-corrected chi connectivity index (χ2v) is 21.0. The van der Waals surface area contributed by atoms with Gasteiger partial charge in [0.25, 0.3) is 0 Å². The first kappa shape index (κ1) is 69.1. The molecule has 0 rings (SSSR count). The van der Waals surface area contributed by atoms with Crippen LogP contribution < -0.4 is 0 Å². The summed E-state index contributed by atoms with van der Waals surface area (Å²) in [5.74, 6) is -0.884. The molecular weight excluding hydrogens is 889 g/mol. The van der Waals surface area contributed by atoms with E-state index in [4.69, 9.17) is 14.2 Å². The number of carbonyl (C=O) groups excluding carboxylic acids is 3. The molecule has 0 aliphatic rings. The first-order valence-electron chi connectivity index (χ1n) is 31.3. The van der Waals surface area contributed by atoms with Crippen LogP contribution in [0.3, 0.4) is 0 Å². The maximum Gasteiger partial charge on any atom is 0.306 e. The monoisotopic (exact) mass is 1010 g/mol. The average molecular weight is 1010 g/mol. The lowest BCUT2D eigenvalue weighted by atomic mass is 10.1. The highest BCUT2D eigenvalue weighted by Crippen LogP contribution is 2.16. The zero-order valence-electron chi connectivity index (χ0n) is 47.9. The summed E-state index contributed by atoms with van der Waals surface area (Å²) in [6, 6.07) is 0. The molecule has 0 heterocycles. The summed E-state index contributed by atoms with van der Waals surface area (Å²) in [4.78, 5) is 38.2. The Hall–Kier alpha value is -2.89. The smallest absolute Gasteiger partial charge is 0.306 e. The first-order chi connectivity index (χ1) is 35.5. The van der Waals surface area contributed by atoms with E-state index in [2.05, 4.69) is 81.5 Å². The first-order valence-corrected chi connectivity index (χ1v) is 31.3. The molecule has 1 atom stereocenters. The lowest BCUT2D eigenvalue weighted by molar-refractivity contribution is -0.167. The fourth-order valence-electron chi connectivity index (χ4n) is 8.97. The van der Waals surface area contributed by atoms with Gasteiger partial charge in [0.15, 0.2) is 6.10 Å². The molecule has 0 aromatic rings. The van der Waals surface area contributed by atoms with Gasteiger partial charge in [0.1, 0.15) is 13.2 Å². The third-order valence-corrected chi connectivity index (χ3v) is 13.7. The van der Waals surface area contributed by atoms with Crippen LogP contribution in [0.15, 0.2) is 60.8 Å². The fourth-order valence-corrected chi connectivity index (χ4v) is 8.97. The Balaban J connectivity index is 4.32. The molecule has 6 heteroatoms. The van der Waals surface area contributed by atoms with Crippen molar-refractivity contribution in [2.75, 3.05) is 13.2 Å². The standard InChI is InChI=1S/C66H118O6/c1-4-7-10-13-16-19-22-25-27-29-31-32-33-34-36-37-39-41-44-47-50-53-56-59-65(68)71-62-63(61-70-64(67)58-55-52-49-46-43-24-21-18-15-12-9-6-3)72-66(69)60-57-54-51-48-45-42-40-38-35-30-28-26-23-20-17-14-11-8-5-2/h18,21-22,25-26,28-29,31,33-34,63H,4-17,19-20,23-24,27,30,32,35-62H2,1-3H3/b21-18-,25-22-,28-26-,31-29-,34-33-. The highest BCUT2D eigenvalue weighted by atomic mass is 16.6. The summed E-state index contributed by atoms with van der Waals surface area (Å²) in [5, 5.41) is 0. The van der Waals surface area contributed by atoms with Crippen molar-refractivity contribution < 1.29 is 28.6 Å². The summed E-state index contributed by atoms with van der Waals surface area (Å²) in [7, 11) is 0. The molecule has 1 unspecified atom stereocenters. The van der Waals surface area contributed by atoms with Crippen LogP contribution in [0.25, 0.3) is 0 Å². The molecule has 72 heavy (non-hydrogen) atoms. The minimum Gasteiger partial charge on any atom is -0.462 e. The molecule has 0 aromatic carbocycles. The third kappa shape index (κ3) is 58.0. The molecular formula is C66H118O6. The molecule has 0 aliphatic heterocycles. The predicted octanol–water partition coefficient (Wildman–Crippen LogP) is 21.2. The van der Waals surface area contributed by atoms with Gasteiger partial charge < -0.3 is 14.2 Å². The number of esters is 3. The van der Waals surface area contributed by atoms with Crippen molar-refractivity contribution >= 4 is 17.9 Å². The highest BCUT2D eigenvalue weighted by Gasteiger charge is 2.19. The molecule has 0 N–H and O–H groups in total. The van der Waals surface area contributed by atoms with E-state index in [1.165, 1.54) is 199 Å². The van der Waals surface area contributed by atoms with Crippen LogP contribution in [0, 0.1) is 0 Å². The van der Waals surface area contributed by atoms with Crippen molar-refractivity contribution in [3.63, 3.8) is 0 Å². The van der Waals surface area contributed by atoms with Crippen LogP contribution in [0.5, 0.6) is 0 Å². The molecule has 0 saturated heterocycles. The second kappa shape index (κ2) is 60.7. The maximum absolute atomic E-state index is 12.9. The SMILES string of the molecule is CCCCC/C=C\CCCCCCCC(=O)OCC(COC(=O)CCCCCCCCCC/C=C\C/C=C\C/C=C\CCCCCCC)OC(=O)CCCCCCCCCCC/C=C\CCCCCCCC. The molecule has 0 spiro atoms. The quantitative estimate of drug-likeness (QED) is 0.0261. The van der Waals surface area contributed by atoms with Crippen LogP contribution in [0.1, 0.15) is 323 Å². The van der Waals surface area contributed by atoms with E-state index in [0.29, 0.717) is 19.3 Å². The Bertz CT molecular complexity index is 1290. The summed E-state index contributed by atoms with van der Waals surface area (Å²) in [5.41, 5.74) is 0. The van der Waals surface area contributed by atoms with Gasteiger partial charge >= 0.3 is 17.9 Å². The lowest BCUT2D eigenvalue weighted by Gasteiger charge is -2.18. The highest BCUT2D eigenvalue weighted by molar-refractivity contribution is 5.71. The van der Waals surface area contributed by atoms with Crippen LogP contribution >= 0.6 is 0 Å². The van der Waals surface area contributed by atoms with E-state index in [1.54, 1.807) is 0 Å². The molecule has 0 aromatic heterocycles. The molecule has 0 radical (unpaired) electrons. The molecule has 0 fully saturated rings. The zero-order valence-corrected chi connectivity index (χ0v) is 47.9. The van der Waals surface area contributed by atoms with Crippen molar-refractivity contribution in [2.24, 2.45) is 0 Å². The maximum atomic E-state index is 12.9. The summed E-state index contributed by atoms with van der Waals surface area (Å²) >= 11 is 0. The summed E-state index contributed by atoms with van der Waals surface area (Å²) < 4.78 is 16.9. The fraction of sp³-hybridized carbons (Fsp3) is 0.803. The average Bonchev–Trinajstić information content (AvgIpc) is 3.38. The third-order valence-electron chi connectivity index (χ3n) is 13.7. The van der Waals surface area contributed by atoms with Crippen molar-refractivity contribution in [1.29, 1.82) is 0 Å². The van der Waals surface area contributed by atoms with Gasteiger partial charge in [-0.3, -0.25) is 14.4 Å². The molecule has 0 bridgehead atoms. The predicted molar refractivity (Wildman–Crippen MR) is 312 cm³/mol. The second-order valence-electron chi connectivity index (χ2n) is 21.0. The Kier molecular flexibility index (Phi) is 58.2. The normalized spacial score (nSPS) is 12.4. The van der Waals surface area contributed by atoms with E-state index >= 15 is 0 Å². The van der Waals surface area contributed by atoms with Crippen molar-refractivity contribution in [3.8, 4) is 0 Å². The molecule has 418 valence electrons. The van der Waals surface area contributed by atoms with Gasteiger partial charge in [-0.05, 0) is 109 Å². The topological polar surface area (TPSA) is 78.9 Å². The van der Waals surface area contributed by atoms with Gasteiger partial charge in [-0.25, -0.2) is 0 Å². The number of hydrogen-bond donors (Lipinski definition) is 0. The Morgan fingerprint density at radius 3 is 0.819 bits per heavy atom. The largest absolute Gasteiger partial charge is 0.462 e. The van der Waals surface area contributed by atoms with Crippen LogP contribution in [0.2, 0.25) is 0 Å². The van der Waals surface area contributed by atoms with Gasteiger partial charge in [-0.15, -0.1) is 0 Å². The Morgan fingerprint density at radius 1 is 0.278 bits per heavy atom. The van der Waals surface area contributed by atoms with Gasteiger partial charge in [0, 0.05) is 19.3 Å². The zero-order chi connectivity index (χ0) is 52.2. The van der Waals surface area contributed by atoms with Crippen LogP contribution in [0.4, 0.5) is 0 Å². The summed E-state index contributed by atoms with van der Waals surface area (Å²) in [6.45, 7) is 6.62. The number of allylic oxidation sites excluding steroid dienone is 10. The van der Waals surface area contributed by atoms with Crippen LogP contribution in [-0.2, 0) is 28.6 Å². The number of carbonyl (C=O) groups is 3. The van der Waals surface area contributed by atoms with Crippen LogP contribution in [-0.4, -0.2) is 37.2 Å². The van der Waals surface area contributed by atoms with Gasteiger partial charge in [-0.1, -0.05) is 255 Å². The number of ether oxygens (including phenoxy) is 3. The number of rotatable bonds is 57. The van der Waals surface area contributed by atoms with Crippen molar-refractivity contribution in [1.82, 2.24) is 0 Å². The lowest BCUT2D eigenvalue weighted by Crippen LogP contribution is -2.30. The number of unbranched alkanes of at least 4 members (excludes halogenated alkanes) is 36. The van der Waals surface area contributed by atoms with E-state index in [0.717, 1.165) is 83.5 Å². The van der Waals surface area contributed by atoms with E-state index < -0.39 is 6.10 Å². The van der Waals surface area contributed by atoms with Crippen molar-refractivity contribution in [3.05, 3.63) is 60.8 Å². The van der Waals surface area contributed by atoms with Crippen molar-refractivity contribution in [2.45, 2.75) is 329 Å². The Labute approximate surface area is 447 Å². The number of hydrogen-bond acceptors (Lipinski definition) is 6. The van der Waals surface area contributed by atoms with E-state index in [-0.39, 0.29) is 31.1 Å². The molecule has 6 nitrogen and oxygen atoms in total. The van der Waals surface area contributed by atoms with E-state index in [9.17, 15) is 14.4 Å². The molecule has 0 saturated carbocycles. The van der Waals surface area contributed by atoms with Gasteiger partial charge in [0.2, 0.25) is 0 Å². The summed E-state index contributed by atoms with van der Waals surface area (Å²) in [6.07, 6.45) is 76.5. The van der Waals surface area contributed by atoms with Gasteiger partial charge in [0.05, 0.1) is 0 Å².